The molecule has 0 bridgehead atoms. The fraction of sp³-hybridized carbons (Fsp3) is 0.381. The lowest BCUT2D eigenvalue weighted by atomic mass is 9.91. The van der Waals surface area contributed by atoms with Gasteiger partial charge in [-0.2, -0.15) is 0 Å². The van der Waals surface area contributed by atoms with Crippen LogP contribution < -0.4 is 4.90 Å². The summed E-state index contributed by atoms with van der Waals surface area (Å²) in [4.78, 5) is 7.24. The van der Waals surface area contributed by atoms with Crippen LogP contribution in [0.2, 0.25) is 0 Å². The van der Waals surface area contributed by atoms with Crippen molar-refractivity contribution in [2.45, 2.75) is 39.5 Å². The average molecular weight is 385 g/mol. The largest absolute Gasteiger partial charge is 0.324 e. The van der Waals surface area contributed by atoms with Crippen LogP contribution >= 0.6 is 15.9 Å². The van der Waals surface area contributed by atoms with E-state index < -0.39 is 0 Å². The third-order valence-corrected chi connectivity index (χ3v) is 4.98. The Morgan fingerprint density at radius 1 is 0.958 bits per heavy atom. The number of benzene rings is 2. The molecule has 126 valence electrons. The highest BCUT2D eigenvalue weighted by Gasteiger charge is 2.27. The van der Waals surface area contributed by atoms with E-state index in [0.717, 1.165) is 23.4 Å². The number of rotatable bonds is 4. The maximum Gasteiger partial charge on any atom is 0.135 e. The number of aliphatic imine (C=N–C) groups is 1. The molecule has 0 aromatic heterocycles. The molecule has 0 radical (unpaired) electrons. The molecule has 1 heterocycles. The number of amidine groups is 1. The molecule has 2 nitrogen and oxygen atoms in total. The smallest absolute Gasteiger partial charge is 0.135 e. The van der Waals surface area contributed by atoms with Crippen LogP contribution in [0.1, 0.15) is 56.2 Å². The molecule has 1 aliphatic heterocycles. The third-order valence-electron chi connectivity index (χ3n) is 4.52. The van der Waals surface area contributed by atoms with Gasteiger partial charge in [0.05, 0.1) is 6.54 Å². The van der Waals surface area contributed by atoms with Gasteiger partial charge in [0.15, 0.2) is 0 Å². The molecular formula is C21H25BrN2. The van der Waals surface area contributed by atoms with E-state index in [0.29, 0.717) is 11.8 Å². The van der Waals surface area contributed by atoms with Gasteiger partial charge in [-0.15, -0.1) is 0 Å². The van der Waals surface area contributed by atoms with Crippen LogP contribution in [0.15, 0.2) is 51.9 Å². The number of hydrogen-bond donors (Lipinski definition) is 0. The van der Waals surface area contributed by atoms with Crippen LogP contribution in [0, 0.1) is 0 Å². The van der Waals surface area contributed by atoms with E-state index in [9.17, 15) is 0 Å². The highest BCUT2D eigenvalue weighted by atomic mass is 79.9. The summed E-state index contributed by atoms with van der Waals surface area (Å²) >= 11 is 3.70. The first-order chi connectivity index (χ1) is 11.5. The molecule has 0 saturated carbocycles. The van der Waals surface area contributed by atoms with E-state index in [4.69, 9.17) is 4.99 Å². The van der Waals surface area contributed by atoms with E-state index in [-0.39, 0.29) is 0 Å². The molecule has 1 aliphatic rings. The van der Waals surface area contributed by atoms with E-state index in [1.807, 2.05) is 0 Å². The predicted octanol–water partition coefficient (Wildman–Crippen LogP) is 5.96. The summed E-state index contributed by atoms with van der Waals surface area (Å²) < 4.78 is 1.16. The predicted molar refractivity (Wildman–Crippen MR) is 108 cm³/mol. The fourth-order valence-electron chi connectivity index (χ4n) is 3.33. The molecule has 0 unspecified atom stereocenters. The van der Waals surface area contributed by atoms with Gasteiger partial charge >= 0.3 is 0 Å². The van der Waals surface area contributed by atoms with Gasteiger partial charge in [0, 0.05) is 22.3 Å². The zero-order valence-electron chi connectivity index (χ0n) is 14.9. The summed E-state index contributed by atoms with van der Waals surface area (Å²) in [7, 11) is 0. The first kappa shape index (κ1) is 17.2. The number of nitrogens with zero attached hydrogens (tertiary/aromatic N) is 2. The number of hydrogen-bond acceptors (Lipinski definition) is 2. The topological polar surface area (TPSA) is 15.6 Å². The average Bonchev–Trinajstić information content (AvgIpc) is 3.04. The Hall–Kier alpha value is -1.61. The molecule has 0 atom stereocenters. The summed E-state index contributed by atoms with van der Waals surface area (Å²) in [5.41, 5.74) is 5.32. The lowest BCUT2D eigenvalue weighted by Crippen LogP contribution is -2.30. The highest BCUT2D eigenvalue weighted by molar-refractivity contribution is 9.10. The quantitative estimate of drug-likeness (QED) is 0.634. The summed E-state index contributed by atoms with van der Waals surface area (Å²) in [5.74, 6) is 2.03. The normalized spacial score (nSPS) is 14.6. The van der Waals surface area contributed by atoms with Gasteiger partial charge in [-0.05, 0) is 35.1 Å². The standard InChI is InChI=1S/C21H25BrN2/c1-14(2)18-12-17(22)13-19(15(3)4)20(18)24-11-10-23-21(24)16-8-6-5-7-9-16/h5-9,12-15H,10-11H2,1-4H3. The first-order valence-electron chi connectivity index (χ1n) is 8.69. The van der Waals surface area contributed by atoms with Crippen molar-refractivity contribution in [3.63, 3.8) is 0 Å². The zero-order chi connectivity index (χ0) is 17.3. The second kappa shape index (κ2) is 7.10. The van der Waals surface area contributed by atoms with Crippen LogP contribution in [-0.4, -0.2) is 18.9 Å². The van der Waals surface area contributed by atoms with Gasteiger partial charge in [0.1, 0.15) is 5.84 Å². The molecule has 2 aromatic carbocycles. The minimum Gasteiger partial charge on any atom is -0.324 e. The summed E-state index contributed by atoms with van der Waals surface area (Å²) in [6, 6.07) is 15.1. The number of anilines is 1. The van der Waals surface area contributed by atoms with E-state index in [1.165, 1.54) is 22.4 Å². The van der Waals surface area contributed by atoms with Crippen molar-refractivity contribution >= 4 is 27.5 Å². The van der Waals surface area contributed by atoms with Gasteiger partial charge in [-0.3, -0.25) is 4.99 Å². The molecule has 0 fully saturated rings. The summed E-state index contributed by atoms with van der Waals surface area (Å²) in [6.07, 6.45) is 0. The zero-order valence-corrected chi connectivity index (χ0v) is 16.5. The van der Waals surface area contributed by atoms with Crippen molar-refractivity contribution < 1.29 is 0 Å². The summed E-state index contributed by atoms with van der Waals surface area (Å²) in [6.45, 7) is 10.9. The Balaban J connectivity index is 2.16. The van der Waals surface area contributed by atoms with Crippen LogP contribution in [-0.2, 0) is 0 Å². The SMILES string of the molecule is CC(C)c1cc(Br)cc(C(C)C)c1N1CCN=C1c1ccccc1. The van der Waals surface area contributed by atoms with E-state index in [1.54, 1.807) is 0 Å². The Labute approximate surface area is 153 Å². The molecule has 0 aliphatic carbocycles. The van der Waals surface area contributed by atoms with Crippen molar-refractivity contribution in [3.8, 4) is 0 Å². The van der Waals surface area contributed by atoms with Crippen molar-refractivity contribution in [1.29, 1.82) is 0 Å². The van der Waals surface area contributed by atoms with Crippen molar-refractivity contribution in [3.05, 3.63) is 63.6 Å². The Bertz CT molecular complexity index is 719. The van der Waals surface area contributed by atoms with Gasteiger partial charge < -0.3 is 4.90 Å². The minimum atomic E-state index is 0.465. The van der Waals surface area contributed by atoms with Gasteiger partial charge in [0.25, 0.3) is 0 Å². The van der Waals surface area contributed by atoms with Gasteiger partial charge in [0.2, 0.25) is 0 Å². The van der Waals surface area contributed by atoms with Gasteiger partial charge in [-0.1, -0.05) is 74.0 Å². The summed E-state index contributed by atoms with van der Waals surface area (Å²) in [5, 5.41) is 0. The Morgan fingerprint density at radius 2 is 1.54 bits per heavy atom. The van der Waals surface area contributed by atoms with Crippen LogP contribution in [0.3, 0.4) is 0 Å². The minimum absolute atomic E-state index is 0.465. The maximum absolute atomic E-state index is 4.82. The van der Waals surface area contributed by atoms with E-state index in [2.05, 4.69) is 91.0 Å². The number of halogens is 1. The van der Waals surface area contributed by atoms with Crippen molar-refractivity contribution in [2.24, 2.45) is 4.99 Å². The van der Waals surface area contributed by atoms with Crippen LogP contribution in [0.5, 0.6) is 0 Å². The highest BCUT2D eigenvalue weighted by Crippen LogP contribution is 2.39. The second-order valence-corrected chi connectivity index (χ2v) is 7.88. The monoisotopic (exact) mass is 384 g/mol. The Kier molecular flexibility index (Phi) is 5.09. The lowest BCUT2D eigenvalue weighted by molar-refractivity contribution is 0.822. The first-order valence-corrected chi connectivity index (χ1v) is 9.49. The van der Waals surface area contributed by atoms with Crippen molar-refractivity contribution in [2.75, 3.05) is 18.0 Å². The molecule has 0 amide bonds. The Morgan fingerprint density at radius 3 is 2.08 bits per heavy atom. The van der Waals surface area contributed by atoms with E-state index >= 15 is 0 Å². The molecule has 2 aromatic rings. The van der Waals surface area contributed by atoms with Crippen molar-refractivity contribution in [1.82, 2.24) is 0 Å². The molecular weight excluding hydrogens is 360 g/mol. The van der Waals surface area contributed by atoms with Crippen LogP contribution in [0.25, 0.3) is 0 Å². The second-order valence-electron chi connectivity index (χ2n) is 6.97. The molecule has 24 heavy (non-hydrogen) atoms. The molecule has 3 heteroatoms. The molecule has 0 N–H and O–H groups in total. The maximum atomic E-state index is 4.82. The van der Waals surface area contributed by atoms with Crippen LogP contribution in [0.4, 0.5) is 5.69 Å². The molecule has 3 rings (SSSR count). The van der Waals surface area contributed by atoms with Gasteiger partial charge in [-0.25, -0.2) is 0 Å². The molecule has 0 spiro atoms. The lowest BCUT2D eigenvalue weighted by Gasteiger charge is -2.29. The third kappa shape index (κ3) is 3.27. The fourth-order valence-corrected chi connectivity index (χ4v) is 3.83. The molecule has 0 saturated heterocycles.